The van der Waals surface area contributed by atoms with Crippen molar-refractivity contribution in [1.29, 1.82) is 0 Å². The van der Waals surface area contributed by atoms with Crippen molar-refractivity contribution in [3.63, 3.8) is 0 Å². The fourth-order valence-electron chi connectivity index (χ4n) is 3.23. The van der Waals surface area contributed by atoms with E-state index in [-0.39, 0.29) is 11.8 Å². The van der Waals surface area contributed by atoms with Gasteiger partial charge in [-0.2, -0.15) is 0 Å². The highest BCUT2D eigenvalue weighted by molar-refractivity contribution is 7.22. The molecule has 1 saturated heterocycles. The number of aromatic nitrogens is 2. The van der Waals surface area contributed by atoms with Gasteiger partial charge in [0.25, 0.3) is 5.91 Å². The third kappa shape index (κ3) is 4.42. The smallest absolute Gasteiger partial charge is 0.257 e. The van der Waals surface area contributed by atoms with Gasteiger partial charge in [0.2, 0.25) is 5.91 Å². The lowest BCUT2D eigenvalue weighted by molar-refractivity contribution is -0.120. The summed E-state index contributed by atoms with van der Waals surface area (Å²) < 4.78 is 0. The summed E-state index contributed by atoms with van der Waals surface area (Å²) in [6.07, 6.45) is 0.440. The van der Waals surface area contributed by atoms with Crippen LogP contribution in [0.4, 0.5) is 10.9 Å². The van der Waals surface area contributed by atoms with Crippen LogP contribution in [0.3, 0.4) is 0 Å². The number of nitrogens with zero attached hydrogens (tertiary/aromatic N) is 3. The number of anilines is 2. The maximum absolute atomic E-state index is 12.6. The van der Waals surface area contributed by atoms with Crippen molar-refractivity contribution in [1.82, 2.24) is 15.3 Å². The molecule has 1 aliphatic rings. The monoisotopic (exact) mass is 425 g/mol. The summed E-state index contributed by atoms with van der Waals surface area (Å²) in [6.45, 7) is 5.31. The predicted octanol–water partition coefficient (Wildman–Crippen LogP) is 2.50. The molecule has 2 amide bonds. The predicted molar refractivity (Wildman–Crippen MR) is 117 cm³/mol. The van der Waals surface area contributed by atoms with Crippen LogP contribution in [0.1, 0.15) is 36.2 Å². The molecular formula is C21H23N5O3S. The molecule has 0 saturated carbocycles. The van der Waals surface area contributed by atoms with Gasteiger partial charge >= 0.3 is 0 Å². The maximum Gasteiger partial charge on any atom is 0.257 e. The zero-order valence-electron chi connectivity index (χ0n) is 16.8. The van der Waals surface area contributed by atoms with Crippen molar-refractivity contribution < 1.29 is 14.7 Å². The number of benzene rings is 1. The zero-order valence-corrected chi connectivity index (χ0v) is 17.6. The summed E-state index contributed by atoms with van der Waals surface area (Å²) in [5, 5.41) is 16.2. The number of rotatable bonds is 4. The minimum atomic E-state index is -0.956. The van der Waals surface area contributed by atoms with Crippen LogP contribution >= 0.6 is 11.3 Å². The Morgan fingerprint density at radius 1 is 1.17 bits per heavy atom. The second kappa shape index (κ2) is 8.00. The first-order valence-electron chi connectivity index (χ1n) is 9.73. The summed E-state index contributed by atoms with van der Waals surface area (Å²) in [4.78, 5) is 36.0. The summed E-state index contributed by atoms with van der Waals surface area (Å²) in [7, 11) is 0. The number of thiazole rings is 1. The molecule has 0 radical (unpaired) electrons. The van der Waals surface area contributed by atoms with Crippen molar-refractivity contribution in [3.05, 3.63) is 47.5 Å². The van der Waals surface area contributed by atoms with Crippen molar-refractivity contribution in [2.24, 2.45) is 0 Å². The Morgan fingerprint density at radius 2 is 1.93 bits per heavy atom. The van der Waals surface area contributed by atoms with Gasteiger partial charge in [0.05, 0.1) is 5.60 Å². The Hall–Kier alpha value is -3.04. The molecule has 30 heavy (non-hydrogen) atoms. The van der Waals surface area contributed by atoms with Crippen LogP contribution in [0.25, 0.3) is 10.3 Å². The Labute approximate surface area is 178 Å². The molecule has 1 fully saturated rings. The number of pyridine rings is 1. The van der Waals surface area contributed by atoms with Gasteiger partial charge in [0.15, 0.2) is 5.13 Å². The highest BCUT2D eigenvalue weighted by Gasteiger charge is 2.18. The van der Waals surface area contributed by atoms with E-state index >= 15 is 0 Å². The van der Waals surface area contributed by atoms with Gasteiger partial charge in [-0.15, -0.1) is 0 Å². The summed E-state index contributed by atoms with van der Waals surface area (Å²) in [5.41, 5.74) is 0.974. The molecule has 3 heterocycles. The summed E-state index contributed by atoms with van der Waals surface area (Å²) in [6, 6.07) is 10.6. The van der Waals surface area contributed by atoms with Crippen molar-refractivity contribution in [3.8, 4) is 0 Å². The highest BCUT2D eigenvalue weighted by atomic mass is 32.1. The van der Waals surface area contributed by atoms with E-state index in [2.05, 4.69) is 25.5 Å². The number of hydrogen-bond acceptors (Lipinski definition) is 7. The average Bonchev–Trinajstić information content (AvgIpc) is 2.98. The summed E-state index contributed by atoms with van der Waals surface area (Å²) >= 11 is 1.31. The van der Waals surface area contributed by atoms with E-state index in [4.69, 9.17) is 0 Å². The standard InChI is InChI=1S/C21H23N5O3S/c1-21(2,29)14-5-3-13(4-6-14)18(28)25-20-23-15-7-8-16(24-19(15)30-20)26-11-9-17(27)22-10-12-26/h3-8,29H,9-12H2,1-2H3,(H,22,27)(H,23,25,28). The van der Waals surface area contributed by atoms with Crippen molar-refractivity contribution >= 4 is 44.4 Å². The molecule has 0 bridgehead atoms. The molecule has 2 aromatic heterocycles. The van der Waals surface area contributed by atoms with E-state index in [1.54, 1.807) is 38.1 Å². The lowest BCUT2D eigenvalue weighted by Crippen LogP contribution is -2.28. The van der Waals surface area contributed by atoms with Gasteiger partial charge in [-0.25, -0.2) is 9.97 Å². The van der Waals surface area contributed by atoms with Gasteiger partial charge in [-0.05, 0) is 43.7 Å². The number of fused-ring (bicyclic) bond motifs is 1. The molecule has 1 aliphatic heterocycles. The first-order valence-corrected chi connectivity index (χ1v) is 10.5. The second-order valence-corrected chi connectivity index (χ2v) is 8.67. The lowest BCUT2D eigenvalue weighted by Gasteiger charge is -2.20. The van der Waals surface area contributed by atoms with Crippen LogP contribution in [-0.2, 0) is 10.4 Å². The van der Waals surface area contributed by atoms with Crippen LogP contribution in [0, 0.1) is 0 Å². The van der Waals surface area contributed by atoms with E-state index in [9.17, 15) is 14.7 Å². The molecule has 0 spiro atoms. The van der Waals surface area contributed by atoms with Crippen LogP contribution in [0.5, 0.6) is 0 Å². The van der Waals surface area contributed by atoms with Crippen LogP contribution in [-0.4, -0.2) is 46.5 Å². The highest BCUT2D eigenvalue weighted by Crippen LogP contribution is 2.27. The maximum atomic E-state index is 12.6. The van der Waals surface area contributed by atoms with E-state index in [0.717, 1.165) is 16.2 Å². The third-order valence-corrected chi connectivity index (χ3v) is 5.83. The minimum Gasteiger partial charge on any atom is -0.386 e. The van der Waals surface area contributed by atoms with Gasteiger partial charge in [-0.1, -0.05) is 23.5 Å². The Morgan fingerprint density at radius 3 is 2.67 bits per heavy atom. The average molecular weight is 426 g/mol. The van der Waals surface area contributed by atoms with Crippen LogP contribution in [0.2, 0.25) is 0 Å². The first kappa shape index (κ1) is 20.2. The zero-order chi connectivity index (χ0) is 21.3. The number of carbonyl (C=O) groups excluding carboxylic acids is 2. The van der Waals surface area contributed by atoms with Crippen molar-refractivity contribution in [2.45, 2.75) is 25.9 Å². The van der Waals surface area contributed by atoms with Gasteiger partial charge in [0.1, 0.15) is 16.2 Å². The quantitative estimate of drug-likeness (QED) is 0.593. The molecule has 3 aromatic rings. The van der Waals surface area contributed by atoms with E-state index in [1.807, 2.05) is 12.1 Å². The number of carbonyl (C=O) groups is 2. The molecule has 0 atom stereocenters. The number of amides is 2. The molecule has 4 rings (SSSR count). The van der Waals surface area contributed by atoms with E-state index in [0.29, 0.717) is 42.3 Å². The normalized spacial score (nSPS) is 15.0. The van der Waals surface area contributed by atoms with Gasteiger partial charge < -0.3 is 15.3 Å². The molecule has 0 aliphatic carbocycles. The van der Waals surface area contributed by atoms with Crippen LogP contribution < -0.4 is 15.5 Å². The first-order chi connectivity index (χ1) is 14.3. The van der Waals surface area contributed by atoms with Crippen LogP contribution in [0.15, 0.2) is 36.4 Å². The lowest BCUT2D eigenvalue weighted by atomic mass is 9.97. The number of hydrogen-bond donors (Lipinski definition) is 3. The molecule has 9 heteroatoms. The van der Waals surface area contributed by atoms with E-state index < -0.39 is 5.60 Å². The number of nitrogens with one attached hydrogen (secondary N) is 2. The van der Waals surface area contributed by atoms with E-state index in [1.165, 1.54) is 11.3 Å². The topological polar surface area (TPSA) is 107 Å². The Balaban J connectivity index is 1.49. The molecular weight excluding hydrogens is 402 g/mol. The summed E-state index contributed by atoms with van der Waals surface area (Å²) in [5.74, 6) is 0.577. The molecule has 3 N–H and O–H groups in total. The molecule has 1 aromatic carbocycles. The fourth-order valence-corrected chi connectivity index (χ4v) is 4.06. The van der Waals surface area contributed by atoms with Gasteiger partial charge in [-0.3, -0.25) is 14.9 Å². The molecule has 156 valence electrons. The Bertz CT molecular complexity index is 1090. The van der Waals surface area contributed by atoms with Crippen molar-refractivity contribution in [2.75, 3.05) is 29.9 Å². The number of aliphatic hydroxyl groups is 1. The van der Waals surface area contributed by atoms with Gasteiger partial charge in [0, 0.05) is 31.6 Å². The third-order valence-electron chi connectivity index (χ3n) is 4.95. The minimum absolute atomic E-state index is 0.0527. The second-order valence-electron chi connectivity index (χ2n) is 7.69. The molecule has 8 nitrogen and oxygen atoms in total. The Kier molecular flexibility index (Phi) is 5.40. The fraction of sp³-hybridized carbons (Fsp3) is 0.333. The molecule has 0 unspecified atom stereocenters. The largest absolute Gasteiger partial charge is 0.386 e. The SMILES string of the molecule is CC(C)(O)c1ccc(C(=O)Nc2nc3ccc(N4CCNC(=O)CC4)nc3s2)cc1.